The van der Waals surface area contributed by atoms with Gasteiger partial charge in [-0.25, -0.2) is 14.8 Å². The summed E-state index contributed by atoms with van der Waals surface area (Å²) in [5, 5.41) is 22.4. The number of hydrogen-bond donors (Lipinski definition) is 4. The molecule has 0 saturated heterocycles. The van der Waals surface area contributed by atoms with Gasteiger partial charge in [0.05, 0.1) is 18.5 Å². The van der Waals surface area contributed by atoms with E-state index in [1.54, 1.807) is 6.33 Å². The number of aliphatic hydroxyl groups excluding tert-OH is 1. The van der Waals surface area contributed by atoms with Crippen molar-refractivity contribution in [3.05, 3.63) is 42.2 Å². The molecule has 0 aliphatic heterocycles. The Bertz CT molecular complexity index is 1200. The number of carboxylic acid groups (broad SMARTS) is 1. The number of anilines is 1. The summed E-state index contributed by atoms with van der Waals surface area (Å²) in [4.78, 5) is 25.0. The van der Waals surface area contributed by atoms with Crippen LogP contribution in [0.4, 0.5) is 10.6 Å². The van der Waals surface area contributed by atoms with Crippen LogP contribution in [0.2, 0.25) is 0 Å². The summed E-state index contributed by atoms with van der Waals surface area (Å²) in [6, 6.07) is 9.70. The number of pyridine rings is 1. The number of amides is 1. The molecule has 1 aromatic carbocycles. The van der Waals surface area contributed by atoms with Gasteiger partial charge in [0.15, 0.2) is 5.82 Å². The summed E-state index contributed by atoms with van der Waals surface area (Å²) < 4.78 is 1.97. The maximum absolute atomic E-state index is 11.3. The van der Waals surface area contributed by atoms with Gasteiger partial charge in [0.1, 0.15) is 11.2 Å². The van der Waals surface area contributed by atoms with Crippen LogP contribution < -0.4 is 5.32 Å². The molecule has 4 rings (SSSR count). The van der Waals surface area contributed by atoms with Crippen LogP contribution in [0, 0.1) is 0 Å². The van der Waals surface area contributed by atoms with E-state index >= 15 is 0 Å². The van der Waals surface area contributed by atoms with Crippen molar-refractivity contribution in [3.8, 4) is 11.3 Å². The number of fused-ring (bicyclic) bond motifs is 3. The molecule has 0 fully saturated rings. The summed E-state index contributed by atoms with van der Waals surface area (Å²) in [6.07, 6.45) is 0.708. The van der Waals surface area contributed by atoms with E-state index in [0.29, 0.717) is 5.82 Å². The minimum atomic E-state index is -1.06. The van der Waals surface area contributed by atoms with Gasteiger partial charge < -0.3 is 30.0 Å². The molecule has 0 aliphatic rings. The Morgan fingerprint density at radius 1 is 1.34 bits per heavy atom. The van der Waals surface area contributed by atoms with Crippen molar-refractivity contribution < 1.29 is 15.0 Å². The Morgan fingerprint density at radius 3 is 2.90 bits per heavy atom. The highest BCUT2D eigenvalue weighted by molar-refractivity contribution is 6.07. The molecular weight excluding hydrogens is 372 g/mol. The quantitative estimate of drug-likeness (QED) is 0.399. The third-order valence-electron chi connectivity index (χ3n) is 4.93. The number of hydrogen-bond acceptors (Lipinski definition) is 5. The summed E-state index contributed by atoms with van der Waals surface area (Å²) in [6.45, 7) is 0.0629. The highest BCUT2D eigenvalue weighted by atomic mass is 16.4. The van der Waals surface area contributed by atoms with E-state index in [1.165, 1.54) is 4.90 Å². The van der Waals surface area contributed by atoms with Crippen LogP contribution in [0.5, 0.6) is 0 Å². The van der Waals surface area contributed by atoms with Crippen molar-refractivity contribution in [2.24, 2.45) is 7.05 Å². The van der Waals surface area contributed by atoms with Crippen LogP contribution in [-0.4, -0.2) is 60.9 Å². The Kier molecular flexibility index (Phi) is 4.81. The number of aryl methyl sites for hydroxylation is 1. The number of rotatable bonds is 6. The first-order chi connectivity index (χ1) is 14.0. The fourth-order valence-corrected chi connectivity index (χ4v) is 3.55. The number of H-pyrrole nitrogens is 1. The van der Waals surface area contributed by atoms with E-state index in [2.05, 4.69) is 20.3 Å². The van der Waals surface area contributed by atoms with Gasteiger partial charge in [-0.3, -0.25) is 0 Å². The molecule has 4 N–H and O–H groups in total. The molecule has 0 aliphatic carbocycles. The summed E-state index contributed by atoms with van der Waals surface area (Å²) >= 11 is 0. The van der Waals surface area contributed by atoms with Gasteiger partial charge in [-0.2, -0.15) is 0 Å². The fraction of sp³-hybridized carbons (Fsp3) is 0.250. The molecule has 0 unspecified atom stereocenters. The Hall–Kier alpha value is -3.59. The number of aliphatic hydroxyl groups is 1. The van der Waals surface area contributed by atoms with Crippen LogP contribution in [0.15, 0.2) is 36.7 Å². The summed E-state index contributed by atoms with van der Waals surface area (Å²) in [5.41, 5.74) is 5.19. The van der Waals surface area contributed by atoms with Crippen LogP contribution in [0.1, 0.15) is 5.56 Å². The van der Waals surface area contributed by atoms with Gasteiger partial charge >= 0.3 is 6.09 Å². The van der Waals surface area contributed by atoms with Crippen LogP contribution >= 0.6 is 0 Å². The van der Waals surface area contributed by atoms with E-state index in [1.807, 2.05) is 49.0 Å². The van der Waals surface area contributed by atoms with Gasteiger partial charge in [-0.15, -0.1) is 0 Å². The summed E-state index contributed by atoms with van der Waals surface area (Å²) in [5.74, 6) is 0.705. The number of carbonyl (C=O) groups is 1. The zero-order chi connectivity index (χ0) is 20.5. The van der Waals surface area contributed by atoms with Crippen LogP contribution in [0.25, 0.3) is 33.3 Å². The molecule has 9 nitrogen and oxygen atoms in total. The average molecular weight is 394 g/mol. The minimum absolute atomic E-state index is 0.0706. The standard InChI is InChI=1S/C20H22N6O3/c1-21-19-16-17(25(2)11-22-16)14-9-15(23-18(14)24-19)13-5-3-4-12(8-13)10-26(6-7-27)20(28)29/h3-5,8-9,11,27H,6-7,10H2,1-2H3,(H,28,29)(H2,21,23,24). The lowest BCUT2D eigenvalue weighted by Crippen LogP contribution is -2.31. The zero-order valence-corrected chi connectivity index (χ0v) is 16.2. The van der Waals surface area contributed by atoms with E-state index in [9.17, 15) is 9.90 Å². The molecule has 9 heteroatoms. The lowest BCUT2D eigenvalue weighted by Gasteiger charge is -2.18. The highest BCUT2D eigenvalue weighted by Gasteiger charge is 2.16. The van der Waals surface area contributed by atoms with Gasteiger partial charge in [-0.05, 0) is 23.3 Å². The maximum atomic E-state index is 11.3. The molecule has 1 amide bonds. The largest absolute Gasteiger partial charge is 0.465 e. The average Bonchev–Trinajstić information content (AvgIpc) is 3.30. The first kappa shape index (κ1) is 18.8. The lowest BCUT2D eigenvalue weighted by molar-refractivity contribution is 0.129. The predicted molar refractivity (Wildman–Crippen MR) is 111 cm³/mol. The van der Waals surface area contributed by atoms with E-state index < -0.39 is 6.09 Å². The van der Waals surface area contributed by atoms with Crippen LogP contribution in [-0.2, 0) is 13.6 Å². The maximum Gasteiger partial charge on any atom is 0.407 e. The molecule has 150 valence electrons. The monoisotopic (exact) mass is 394 g/mol. The molecule has 4 aromatic rings. The van der Waals surface area contributed by atoms with Crippen molar-refractivity contribution in [2.45, 2.75) is 6.54 Å². The number of imidazole rings is 1. The van der Waals surface area contributed by atoms with Gasteiger partial charge in [-0.1, -0.05) is 18.2 Å². The molecule has 0 saturated carbocycles. The molecular formula is C20H22N6O3. The molecule has 0 radical (unpaired) electrons. The van der Waals surface area contributed by atoms with Crippen molar-refractivity contribution in [1.82, 2.24) is 24.4 Å². The molecule has 0 spiro atoms. The fourth-order valence-electron chi connectivity index (χ4n) is 3.55. The van der Waals surface area contributed by atoms with Crippen LogP contribution in [0.3, 0.4) is 0 Å². The summed E-state index contributed by atoms with van der Waals surface area (Å²) in [7, 11) is 3.76. The van der Waals surface area contributed by atoms with Crippen molar-refractivity contribution in [2.75, 3.05) is 25.5 Å². The second-order valence-electron chi connectivity index (χ2n) is 6.84. The van der Waals surface area contributed by atoms with Crippen molar-refractivity contribution in [3.63, 3.8) is 0 Å². The molecule has 3 aromatic heterocycles. The predicted octanol–water partition coefficient (Wildman–Crippen LogP) is 2.63. The number of benzene rings is 1. The first-order valence-electron chi connectivity index (χ1n) is 9.21. The normalized spacial score (nSPS) is 11.3. The molecule has 0 atom stereocenters. The van der Waals surface area contributed by atoms with Gasteiger partial charge in [0.2, 0.25) is 0 Å². The van der Waals surface area contributed by atoms with Gasteiger partial charge in [0.25, 0.3) is 0 Å². The second-order valence-corrected chi connectivity index (χ2v) is 6.84. The smallest absolute Gasteiger partial charge is 0.407 e. The van der Waals surface area contributed by atoms with Gasteiger partial charge in [0, 0.05) is 38.3 Å². The number of aromatic nitrogens is 4. The minimum Gasteiger partial charge on any atom is -0.465 e. The number of nitrogens with one attached hydrogen (secondary N) is 2. The molecule has 0 bridgehead atoms. The van der Waals surface area contributed by atoms with E-state index in [0.717, 1.165) is 38.9 Å². The zero-order valence-electron chi connectivity index (χ0n) is 16.2. The third kappa shape index (κ3) is 3.36. The molecule has 29 heavy (non-hydrogen) atoms. The van der Waals surface area contributed by atoms with E-state index in [4.69, 9.17) is 5.11 Å². The Labute approximate surface area is 166 Å². The first-order valence-corrected chi connectivity index (χ1v) is 9.21. The SMILES string of the molecule is CNc1nc2[nH]c(-c3cccc(CN(CCO)C(=O)O)c3)cc2c2c1ncn2C. The molecule has 3 heterocycles. The second kappa shape index (κ2) is 7.44. The van der Waals surface area contributed by atoms with Crippen molar-refractivity contribution >= 4 is 34.0 Å². The Morgan fingerprint density at radius 2 is 2.17 bits per heavy atom. The van der Waals surface area contributed by atoms with Crippen molar-refractivity contribution in [1.29, 1.82) is 0 Å². The third-order valence-corrected chi connectivity index (χ3v) is 4.93. The Balaban J connectivity index is 1.76. The highest BCUT2D eigenvalue weighted by Crippen LogP contribution is 2.31. The topological polar surface area (TPSA) is 119 Å². The van der Waals surface area contributed by atoms with E-state index in [-0.39, 0.29) is 19.7 Å². The number of nitrogens with zero attached hydrogens (tertiary/aromatic N) is 4. The lowest BCUT2D eigenvalue weighted by atomic mass is 10.1. The number of aromatic amines is 1.